The summed E-state index contributed by atoms with van der Waals surface area (Å²) in [7, 11) is 0. The second-order valence-electron chi connectivity index (χ2n) is 16.1. The van der Waals surface area contributed by atoms with Crippen molar-refractivity contribution in [1.29, 1.82) is 0 Å². The molecule has 0 amide bonds. The van der Waals surface area contributed by atoms with Gasteiger partial charge < -0.3 is 9.47 Å². The summed E-state index contributed by atoms with van der Waals surface area (Å²) >= 11 is 0. The van der Waals surface area contributed by atoms with E-state index in [0.717, 1.165) is 22.7 Å². The van der Waals surface area contributed by atoms with E-state index in [1.807, 2.05) is 0 Å². The van der Waals surface area contributed by atoms with E-state index in [9.17, 15) is 0 Å². The Morgan fingerprint density at radius 3 is 1.31 bits per heavy atom. The minimum absolute atomic E-state index is 1.09. The fourth-order valence-corrected chi connectivity index (χ4v) is 9.71. The topological polar surface area (TPSA) is 8.17 Å². The number of para-hydroxylation sites is 2. The summed E-state index contributed by atoms with van der Waals surface area (Å²) in [5.74, 6) is 0. The van der Waals surface area contributed by atoms with Gasteiger partial charge in [0.15, 0.2) is 0 Å². The number of nitrogens with zero attached hydrogens (tertiary/aromatic N) is 2. The van der Waals surface area contributed by atoms with E-state index in [0.29, 0.717) is 0 Å². The minimum Gasteiger partial charge on any atom is -0.311 e. The molecule has 1 heterocycles. The monoisotopic (exact) mass is 788 g/mol. The highest BCUT2D eigenvalue weighted by Gasteiger charge is 2.18. The third-order valence-electron chi connectivity index (χ3n) is 12.6. The zero-order chi connectivity index (χ0) is 41.0. The van der Waals surface area contributed by atoms with Crippen LogP contribution >= 0.6 is 0 Å². The predicted octanol–water partition coefficient (Wildman–Crippen LogP) is 16.7. The normalized spacial score (nSPS) is 11.5. The van der Waals surface area contributed by atoms with Crippen LogP contribution in [0.1, 0.15) is 0 Å². The average molecular weight is 789 g/mol. The van der Waals surface area contributed by atoms with Gasteiger partial charge in [0.1, 0.15) is 0 Å². The van der Waals surface area contributed by atoms with Gasteiger partial charge in [-0.25, -0.2) is 0 Å². The number of hydrogen-bond donors (Lipinski definition) is 0. The molecule has 0 aliphatic carbocycles. The largest absolute Gasteiger partial charge is 0.311 e. The molecule has 0 saturated heterocycles. The lowest BCUT2D eigenvalue weighted by atomic mass is 9.91. The van der Waals surface area contributed by atoms with Crippen LogP contribution in [0.4, 0.5) is 17.1 Å². The van der Waals surface area contributed by atoms with Crippen LogP contribution < -0.4 is 4.90 Å². The Hall–Kier alpha value is -8.20. The molecule has 0 aliphatic heterocycles. The van der Waals surface area contributed by atoms with Crippen molar-refractivity contribution in [2.75, 3.05) is 4.90 Å². The molecule has 0 unspecified atom stereocenters. The minimum atomic E-state index is 1.09. The molecule has 11 aromatic carbocycles. The second-order valence-corrected chi connectivity index (χ2v) is 16.1. The van der Waals surface area contributed by atoms with Gasteiger partial charge in [0.05, 0.1) is 11.0 Å². The Labute approximate surface area is 360 Å². The van der Waals surface area contributed by atoms with Gasteiger partial charge >= 0.3 is 0 Å². The highest BCUT2D eigenvalue weighted by atomic mass is 15.1. The van der Waals surface area contributed by atoms with E-state index in [-0.39, 0.29) is 0 Å². The lowest BCUT2D eigenvalue weighted by Gasteiger charge is -2.26. The van der Waals surface area contributed by atoms with Crippen molar-refractivity contribution in [3.63, 3.8) is 0 Å². The first kappa shape index (κ1) is 35.7. The fraction of sp³-hybridized carbons (Fsp3) is 0. The molecule has 12 aromatic rings. The first-order valence-corrected chi connectivity index (χ1v) is 21.3. The van der Waals surface area contributed by atoms with Crippen LogP contribution in [0.15, 0.2) is 243 Å². The van der Waals surface area contributed by atoms with Gasteiger partial charge in [-0.15, -0.1) is 0 Å². The summed E-state index contributed by atoms with van der Waals surface area (Å²) in [6, 6.07) is 88.4. The maximum atomic E-state index is 2.38. The van der Waals surface area contributed by atoms with E-state index < -0.39 is 0 Å². The number of aromatic nitrogens is 1. The van der Waals surface area contributed by atoms with Crippen LogP contribution in [-0.4, -0.2) is 4.57 Å². The fourth-order valence-electron chi connectivity index (χ4n) is 9.71. The van der Waals surface area contributed by atoms with Gasteiger partial charge in [-0.3, -0.25) is 0 Å². The maximum Gasteiger partial charge on any atom is 0.0541 e. The highest BCUT2D eigenvalue weighted by molar-refractivity contribution is 6.14. The molecule has 62 heavy (non-hydrogen) atoms. The van der Waals surface area contributed by atoms with Crippen molar-refractivity contribution in [2.24, 2.45) is 0 Å². The molecule has 0 aliphatic rings. The third kappa shape index (κ3) is 5.96. The summed E-state index contributed by atoms with van der Waals surface area (Å²) in [4.78, 5) is 2.38. The van der Waals surface area contributed by atoms with E-state index in [1.165, 1.54) is 87.5 Å². The molecule has 0 atom stereocenters. The summed E-state index contributed by atoms with van der Waals surface area (Å²) in [5, 5.41) is 10.1. The quantitative estimate of drug-likeness (QED) is 0.146. The average Bonchev–Trinajstić information content (AvgIpc) is 3.69. The van der Waals surface area contributed by atoms with Gasteiger partial charge in [0.25, 0.3) is 0 Å². The molecule has 0 fully saturated rings. The molecular formula is C60H40N2. The Kier molecular flexibility index (Phi) is 8.53. The van der Waals surface area contributed by atoms with Crippen LogP contribution in [0.25, 0.3) is 93.2 Å². The lowest BCUT2D eigenvalue weighted by molar-refractivity contribution is 1.17. The number of anilines is 3. The number of rotatable bonds is 7. The third-order valence-corrected chi connectivity index (χ3v) is 12.6. The first-order valence-electron chi connectivity index (χ1n) is 21.3. The van der Waals surface area contributed by atoms with Crippen molar-refractivity contribution in [3.8, 4) is 39.1 Å². The molecule has 0 N–H and O–H groups in total. The number of benzene rings is 11. The molecule has 2 heteroatoms. The smallest absolute Gasteiger partial charge is 0.0541 e. The molecule has 0 radical (unpaired) electrons. The van der Waals surface area contributed by atoms with Crippen LogP contribution in [-0.2, 0) is 0 Å². The summed E-state index contributed by atoms with van der Waals surface area (Å²) in [6.07, 6.45) is 0. The summed E-state index contributed by atoms with van der Waals surface area (Å²) in [6.45, 7) is 0. The molecule has 0 bridgehead atoms. The zero-order valence-corrected chi connectivity index (χ0v) is 34.0. The molecule has 2 nitrogen and oxygen atoms in total. The van der Waals surface area contributed by atoms with E-state index in [2.05, 4.69) is 252 Å². The molecule has 1 aromatic heterocycles. The highest BCUT2D eigenvalue weighted by Crippen LogP contribution is 2.42. The lowest BCUT2D eigenvalue weighted by Crippen LogP contribution is -2.10. The second kappa shape index (κ2) is 14.8. The van der Waals surface area contributed by atoms with Crippen molar-refractivity contribution in [2.45, 2.75) is 0 Å². The molecular weight excluding hydrogens is 749 g/mol. The predicted molar refractivity (Wildman–Crippen MR) is 264 cm³/mol. The maximum absolute atomic E-state index is 2.38. The van der Waals surface area contributed by atoms with Crippen LogP contribution in [0.3, 0.4) is 0 Å². The van der Waals surface area contributed by atoms with Crippen molar-refractivity contribution in [1.82, 2.24) is 4.57 Å². The Balaban J connectivity index is 0.982. The zero-order valence-electron chi connectivity index (χ0n) is 34.0. The molecule has 290 valence electrons. The van der Waals surface area contributed by atoms with Crippen LogP contribution in [0, 0.1) is 0 Å². The summed E-state index contributed by atoms with van der Waals surface area (Å²) < 4.78 is 2.38. The van der Waals surface area contributed by atoms with Crippen molar-refractivity contribution < 1.29 is 0 Å². The van der Waals surface area contributed by atoms with Crippen molar-refractivity contribution in [3.05, 3.63) is 243 Å². The van der Waals surface area contributed by atoms with Crippen LogP contribution in [0.2, 0.25) is 0 Å². The Bertz CT molecular complexity index is 3540. The van der Waals surface area contributed by atoms with Gasteiger partial charge in [0, 0.05) is 33.5 Å². The molecule has 0 spiro atoms. The number of fused-ring (bicyclic) bond motifs is 7. The molecule has 0 saturated carbocycles. The SMILES string of the molecule is c1ccc(-c2cccc3cccc(-c4ccc(N(c5ccc(-c6cc7ccccc7c7ccccc67)cc5)c5ccc(-n6c7ccccc7c7ccccc76)cc5)cc4)c23)cc1. The van der Waals surface area contributed by atoms with Crippen LogP contribution in [0.5, 0.6) is 0 Å². The van der Waals surface area contributed by atoms with Gasteiger partial charge in [-0.2, -0.15) is 0 Å². The first-order chi connectivity index (χ1) is 30.8. The van der Waals surface area contributed by atoms with Crippen molar-refractivity contribution >= 4 is 71.2 Å². The summed E-state index contributed by atoms with van der Waals surface area (Å²) in [5.41, 5.74) is 14.1. The van der Waals surface area contributed by atoms with E-state index in [4.69, 9.17) is 0 Å². The standard InChI is InChI=1S/C60H40N2/c1-2-14-41(15-3-1)51-24-12-17-44-18-13-25-52(60(44)51)42-28-32-46(33-29-42)61(48-36-38-49(39-37-48)62-58-26-10-8-22-55(58)56-23-9-11-27-59(56)62)47-34-30-43(31-35-47)57-40-45-16-4-5-19-50(45)53-20-6-7-21-54(53)57/h1-40H. The number of hydrogen-bond acceptors (Lipinski definition) is 1. The van der Waals surface area contributed by atoms with E-state index in [1.54, 1.807) is 0 Å². The Morgan fingerprint density at radius 1 is 0.274 bits per heavy atom. The molecule has 12 rings (SSSR count). The Morgan fingerprint density at radius 2 is 0.710 bits per heavy atom. The van der Waals surface area contributed by atoms with E-state index >= 15 is 0 Å². The van der Waals surface area contributed by atoms with Gasteiger partial charge in [-0.05, 0) is 132 Å². The van der Waals surface area contributed by atoms with Gasteiger partial charge in [0.2, 0.25) is 0 Å². The van der Waals surface area contributed by atoms with Gasteiger partial charge in [-0.1, -0.05) is 176 Å².